The molecule has 0 aliphatic rings. The van der Waals surface area contributed by atoms with Gasteiger partial charge >= 0.3 is 0 Å². The summed E-state index contributed by atoms with van der Waals surface area (Å²) >= 11 is 0. The molecule has 0 aliphatic carbocycles. The van der Waals surface area contributed by atoms with E-state index in [-0.39, 0.29) is 4.90 Å². The first kappa shape index (κ1) is 15.6. The molecule has 5 nitrogen and oxygen atoms in total. The lowest BCUT2D eigenvalue weighted by Crippen LogP contribution is -2.14. The molecule has 0 fully saturated rings. The first-order valence-electron chi connectivity index (χ1n) is 6.99. The van der Waals surface area contributed by atoms with Crippen LogP contribution in [-0.4, -0.2) is 18.6 Å². The summed E-state index contributed by atoms with van der Waals surface area (Å²) in [6, 6.07) is 7.04. The molecule has 0 radical (unpaired) electrons. The van der Waals surface area contributed by atoms with Crippen LogP contribution in [0.1, 0.15) is 43.1 Å². The minimum Gasteiger partial charge on any atom is -0.280 e. The number of benzene rings is 1. The lowest BCUT2D eigenvalue weighted by atomic mass is 9.99. The summed E-state index contributed by atoms with van der Waals surface area (Å²) < 4.78 is 27.4. The second kappa shape index (κ2) is 5.89. The van der Waals surface area contributed by atoms with Crippen LogP contribution in [-0.2, 0) is 10.0 Å². The van der Waals surface area contributed by atoms with Crippen LogP contribution >= 0.6 is 0 Å². The van der Waals surface area contributed by atoms with Crippen molar-refractivity contribution in [1.82, 2.24) is 10.2 Å². The fourth-order valence-corrected chi connectivity index (χ4v) is 3.29. The monoisotopic (exact) mass is 307 g/mol. The molecule has 1 aromatic heterocycles. The van der Waals surface area contributed by atoms with E-state index < -0.39 is 10.0 Å². The van der Waals surface area contributed by atoms with E-state index in [0.717, 1.165) is 12.0 Å². The molecule has 2 N–H and O–H groups in total. The molecular weight excluding hydrogens is 286 g/mol. The van der Waals surface area contributed by atoms with E-state index in [1.54, 1.807) is 26.0 Å². The van der Waals surface area contributed by atoms with Gasteiger partial charge < -0.3 is 0 Å². The van der Waals surface area contributed by atoms with E-state index in [2.05, 4.69) is 28.8 Å². The van der Waals surface area contributed by atoms with Crippen molar-refractivity contribution in [2.45, 2.75) is 44.9 Å². The van der Waals surface area contributed by atoms with Gasteiger partial charge in [0, 0.05) is 0 Å². The highest BCUT2D eigenvalue weighted by molar-refractivity contribution is 7.92. The average Bonchev–Trinajstić information content (AvgIpc) is 2.78. The van der Waals surface area contributed by atoms with E-state index in [4.69, 9.17) is 0 Å². The summed E-state index contributed by atoms with van der Waals surface area (Å²) in [5.74, 6) is 0.424. The Kier molecular flexibility index (Phi) is 4.37. The SMILES string of the molecule is CC[C@@H](C)c1ccc(S(=O)(=O)Nc2c(C)n[nH]c2C)cc1. The summed E-state index contributed by atoms with van der Waals surface area (Å²) in [5, 5.41) is 6.76. The maximum atomic E-state index is 12.4. The number of nitrogens with one attached hydrogen (secondary N) is 2. The fourth-order valence-electron chi connectivity index (χ4n) is 2.11. The van der Waals surface area contributed by atoms with Crippen LogP contribution in [0.2, 0.25) is 0 Å². The highest BCUT2D eigenvalue weighted by Gasteiger charge is 2.18. The number of sulfonamides is 1. The Hall–Kier alpha value is -1.82. The maximum Gasteiger partial charge on any atom is 0.262 e. The standard InChI is InChI=1S/C15H21N3O2S/c1-5-10(2)13-6-8-14(9-7-13)21(19,20)18-15-11(3)16-17-12(15)4/h6-10,18H,5H2,1-4H3,(H,16,17)/t10-/m1/s1. The molecular formula is C15H21N3O2S. The quantitative estimate of drug-likeness (QED) is 0.889. The number of H-pyrrole nitrogens is 1. The molecule has 0 bridgehead atoms. The van der Waals surface area contributed by atoms with Crippen LogP contribution in [0.25, 0.3) is 0 Å². The van der Waals surface area contributed by atoms with Crippen LogP contribution in [0, 0.1) is 13.8 Å². The van der Waals surface area contributed by atoms with Crippen LogP contribution in [0.5, 0.6) is 0 Å². The molecule has 1 atom stereocenters. The first-order chi connectivity index (χ1) is 9.85. The third kappa shape index (κ3) is 3.26. The summed E-state index contributed by atoms with van der Waals surface area (Å²) in [6.07, 6.45) is 1.03. The number of hydrogen-bond donors (Lipinski definition) is 2. The molecule has 0 spiro atoms. The van der Waals surface area contributed by atoms with Gasteiger partial charge in [0.1, 0.15) is 0 Å². The predicted molar refractivity (Wildman–Crippen MR) is 84.0 cm³/mol. The smallest absolute Gasteiger partial charge is 0.262 e. The number of nitrogens with zero attached hydrogens (tertiary/aromatic N) is 1. The molecule has 0 saturated heterocycles. The second-order valence-electron chi connectivity index (χ2n) is 5.29. The molecule has 2 aromatic rings. The summed E-state index contributed by atoms with van der Waals surface area (Å²) in [7, 11) is -3.59. The molecule has 0 amide bonds. The van der Waals surface area contributed by atoms with Gasteiger partial charge in [0.25, 0.3) is 10.0 Å². The number of aromatic amines is 1. The van der Waals surface area contributed by atoms with Crippen molar-refractivity contribution in [3.63, 3.8) is 0 Å². The Morgan fingerprint density at radius 2 is 1.86 bits per heavy atom. The Bertz CT molecular complexity index is 698. The minimum absolute atomic E-state index is 0.259. The van der Waals surface area contributed by atoms with Gasteiger partial charge in [-0.25, -0.2) is 8.42 Å². The first-order valence-corrected chi connectivity index (χ1v) is 8.47. The fraction of sp³-hybridized carbons (Fsp3) is 0.400. The third-order valence-electron chi connectivity index (χ3n) is 3.74. The van der Waals surface area contributed by atoms with Crippen molar-refractivity contribution >= 4 is 15.7 Å². The molecule has 1 heterocycles. The van der Waals surface area contributed by atoms with Crippen molar-refractivity contribution in [2.75, 3.05) is 4.72 Å². The van der Waals surface area contributed by atoms with Gasteiger partial charge in [-0.15, -0.1) is 0 Å². The van der Waals surface area contributed by atoms with Gasteiger partial charge in [-0.2, -0.15) is 5.10 Å². The largest absolute Gasteiger partial charge is 0.280 e. The van der Waals surface area contributed by atoms with Gasteiger partial charge in [0.05, 0.1) is 22.0 Å². The highest BCUT2D eigenvalue weighted by Crippen LogP contribution is 2.23. The van der Waals surface area contributed by atoms with Crippen molar-refractivity contribution in [3.8, 4) is 0 Å². The molecule has 114 valence electrons. The van der Waals surface area contributed by atoms with Gasteiger partial charge in [-0.3, -0.25) is 9.82 Å². The second-order valence-corrected chi connectivity index (χ2v) is 6.98. The highest BCUT2D eigenvalue weighted by atomic mass is 32.2. The predicted octanol–water partition coefficient (Wildman–Crippen LogP) is 3.34. The number of hydrogen-bond acceptors (Lipinski definition) is 3. The molecule has 6 heteroatoms. The zero-order chi connectivity index (χ0) is 15.6. The lowest BCUT2D eigenvalue weighted by molar-refractivity contribution is 0.601. The van der Waals surface area contributed by atoms with Gasteiger partial charge in [0.2, 0.25) is 0 Å². The topological polar surface area (TPSA) is 74.8 Å². The Labute approximate surface area is 125 Å². The number of aromatic nitrogens is 2. The van der Waals surface area contributed by atoms with Crippen LogP contribution in [0.4, 0.5) is 5.69 Å². The van der Waals surface area contributed by atoms with Crippen LogP contribution in [0.15, 0.2) is 29.2 Å². The summed E-state index contributed by atoms with van der Waals surface area (Å²) in [4.78, 5) is 0.259. The Morgan fingerprint density at radius 3 is 2.33 bits per heavy atom. The van der Waals surface area contributed by atoms with Crippen LogP contribution in [0.3, 0.4) is 0 Å². The third-order valence-corrected chi connectivity index (χ3v) is 5.10. The Morgan fingerprint density at radius 1 is 1.24 bits per heavy atom. The van der Waals surface area contributed by atoms with Crippen molar-refractivity contribution in [2.24, 2.45) is 0 Å². The molecule has 0 unspecified atom stereocenters. The minimum atomic E-state index is -3.59. The van der Waals surface area contributed by atoms with E-state index in [0.29, 0.717) is 23.0 Å². The van der Waals surface area contributed by atoms with Crippen molar-refractivity contribution in [1.29, 1.82) is 0 Å². The van der Waals surface area contributed by atoms with Gasteiger partial charge in [-0.05, 0) is 43.9 Å². The van der Waals surface area contributed by atoms with Gasteiger partial charge in [-0.1, -0.05) is 26.0 Å². The maximum absolute atomic E-state index is 12.4. The number of aryl methyl sites for hydroxylation is 2. The molecule has 0 saturated carbocycles. The Balaban J connectivity index is 2.28. The van der Waals surface area contributed by atoms with Crippen molar-refractivity contribution < 1.29 is 8.42 Å². The van der Waals surface area contributed by atoms with E-state index in [1.807, 2.05) is 12.1 Å². The van der Waals surface area contributed by atoms with Crippen molar-refractivity contribution in [3.05, 3.63) is 41.2 Å². The molecule has 1 aromatic carbocycles. The molecule has 0 aliphatic heterocycles. The van der Waals surface area contributed by atoms with E-state index in [1.165, 1.54) is 0 Å². The normalized spacial score (nSPS) is 13.1. The van der Waals surface area contributed by atoms with Crippen LogP contribution < -0.4 is 4.72 Å². The number of anilines is 1. The van der Waals surface area contributed by atoms with E-state index >= 15 is 0 Å². The number of rotatable bonds is 5. The zero-order valence-electron chi connectivity index (χ0n) is 12.8. The molecule has 21 heavy (non-hydrogen) atoms. The average molecular weight is 307 g/mol. The summed E-state index contributed by atoms with van der Waals surface area (Å²) in [5.41, 5.74) is 2.99. The van der Waals surface area contributed by atoms with E-state index in [9.17, 15) is 8.42 Å². The van der Waals surface area contributed by atoms with Gasteiger partial charge in [0.15, 0.2) is 0 Å². The zero-order valence-corrected chi connectivity index (χ0v) is 13.6. The summed E-state index contributed by atoms with van der Waals surface area (Å²) in [6.45, 7) is 7.78. The lowest BCUT2D eigenvalue weighted by Gasteiger charge is -2.11. The molecule has 2 rings (SSSR count).